The molecule has 0 heterocycles. The second kappa shape index (κ2) is 16.5. The maximum Gasteiger partial charge on any atom is 0.221 e. The van der Waals surface area contributed by atoms with Gasteiger partial charge in [0, 0.05) is 45.6 Å². The Kier molecular flexibility index (Phi) is 18.7. The Morgan fingerprint density at radius 1 is 1.04 bits per heavy atom. The lowest BCUT2D eigenvalue weighted by Gasteiger charge is -2.01. The Labute approximate surface area is 141 Å². The van der Waals surface area contributed by atoms with Gasteiger partial charge in [-0.05, 0) is 18.9 Å². The summed E-state index contributed by atoms with van der Waals surface area (Å²) in [6.45, 7) is 8.17. The summed E-state index contributed by atoms with van der Waals surface area (Å²) in [6, 6.07) is 0. The van der Waals surface area contributed by atoms with Crippen LogP contribution in [-0.2, 0) is 14.4 Å². The summed E-state index contributed by atoms with van der Waals surface area (Å²) < 4.78 is 0. The lowest BCUT2D eigenvalue weighted by atomic mass is 10.1. The van der Waals surface area contributed by atoms with Crippen molar-refractivity contribution in [3.05, 3.63) is 11.8 Å². The first-order chi connectivity index (χ1) is 10.3. The maximum atomic E-state index is 11.1. The molecule has 0 fully saturated rings. The number of rotatable bonds is 8. The average molecular weight is 329 g/mol. The Hall–Kier alpha value is -1.85. The molecule has 23 heavy (non-hydrogen) atoms. The van der Waals surface area contributed by atoms with Crippen LogP contribution in [0.2, 0.25) is 0 Å². The minimum atomic E-state index is -0.0543. The van der Waals surface area contributed by atoms with Crippen LogP contribution in [0.4, 0.5) is 0 Å². The number of hydrogen-bond donors (Lipinski definition) is 3. The molecule has 0 saturated heterocycles. The van der Waals surface area contributed by atoms with E-state index in [0.29, 0.717) is 31.7 Å². The molecule has 0 aromatic rings. The highest BCUT2D eigenvalue weighted by molar-refractivity contribution is 5.90. The minimum absolute atomic E-state index is 0. The predicted octanol–water partition coefficient (Wildman–Crippen LogP) is 2.01. The predicted molar refractivity (Wildman–Crippen MR) is 96.0 cm³/mol. The first-order valence-corrected chi connectivity index (χ1v) is 7.62. The first-order valence-electron chi connectivity index (χ1n) is 7.62. The second-order valence-corrected chi connectivity index (χ2v) is 5.27. The molecule has 0 aliphatic rings. The van der Waals surface area contributed by atoms with Crippen LogP contribution >= 0.6 is 0 Å². The smallest absolute Gasteiger partial charge is 0.221 e. The highest BCUT2D eigenvalue weighted by Gasteiger charge is 2.01. The molecular weight excluding hydrogens is 294 g/mol. The molecule has 0 atom stereocenters. The number of nitrogens with one attached hydrogen (secondary N) is 3. The standard InChI is InChI=1S/C9H17NO.C7H14N2O2.CH4/c1-7(2)5-9(11)6-8(3)10-4;1-3-6(10)9-5-4-7(11)8-2;/h6-7,10H,5H2,1-4H3;3-5H2,1-2H3,(H,8,11)(H,9,10);1H4/b8-6-;;. The monoisotopic (exact) mass is 329 g/mol. The summed E-state index contributed by atoms with van der Waals surface area (Å²) in [5.41, 5.74) is 0.927. The van der Waals surface area contributed by atoms with Crippen molar-refractivity contribution in [1.82, 2.24) is 16.0 Å². The third kappa shape index (κ3) is 20.1. The van der Waals surface area contributed by atoms with Gasteiger partial charge in [0.2, 0.25) is 11.8 Å². The fraction of sp³-hybridized carbons (Fsp3) is 0.706. The number of amides is 2. The van der Waals surface area contributed by atoms with Gasteiger partial charge in [0.15, 0.2) is 5.78 Å². The normalized spacial score (nSPS) is 9.96. The van der Waals surface area contributed by atoms with Crippen LogP contribution in [0.15, 0.2) is 11.8 Å². The van der Waals surface area contributed by atoms with Gasteiger partial charge in [0.25, 0.3) is 0 Å². The van der Waals surface area contributed by atoms with Crippen molar-refractivity contribution in [2.45, 2.75) is 54.4 Å². The van der Waals surface area contributed by atoms with Crippen LogP contribution in [-0.4, -0.2) is 38.2 Å². The van der Waals surface area contributed by atoms with Gasteiger partial charge < -0.3 is 16.0 Å². The van der Waals surface area contributed by atoms with Gasteiger partial charge in [-0.1, -0.05) is 28.2 Å². The van der Waals surface area contributed by atoms with Crippen LogP contribution < -0.4 is 16.0 Å². The molecule has 136 valence electrons. The molecule has 3 N–H and O–H groups in total. The van der Waals surface area contributed by atoms with E-state index in [1.54, 1.807) is 20.0 Å². The van der Waals surface area contributed by atoms with Crippen molar-refractivity contribution in [2.75, 3.05) is 20.6 Å². The van der Waals surface area contributed by atoms with Crippen molar-refractivity contribution < 1.29 is 14.4 Å². The summed E-state index contributed by atoms with van der Waals surface area (Å²) in [5, 5.41) is 7.97. The molecule has 2 amide bonds. The van der Waals surface area contributed by atoms with Crippen molar-refractivity contribution in [2.24, 2.45) is 5.92 Å². The fourth-order valence-corrected chi connectivity index (χ4v) is 1.34. The molecular formula is C17H35N3O3. The molecule has 0 aromatic carbocycles. The lowest BCUT2D eigenvalue weighted by Crippen LogP contribution is -2.28. The Morgan fingerprint density at radius 3 is 2.00 bits per heavy atom. The van der Waals surface area contributed by atoms with Crippen LogP contribution in [0.1, 0.15) is 54.4 Å². The quantitative estimate of drug-likeness (QED) is 0.595. The Bertz CT molecular complexity index is 361. The third-order valence-corrected chi connectivity index (χ3v) is 2.66. The van der Waals surface area contributed by atoms with E-state index in [-0.39, 0.29) is 25.0 Å². The van der Waals surface area contributed by atoms with Crippen LogP contribution in [0, 0.1) is 5.92 Å². The Balaban J connectivity index is -0.000000333. The van der Waals surface area contributed by atoms with Gasteiger partial charge in [-0.15, -0.1) is 0 Å². The zero-order valence-electron chi connectivity index (χ0n) is 14.7. The minimum Gasteiger partial charge on any atom is -0.392 e. The summed E-state index contributed by atoms with van der Waals surface area (Å²) in [4.78, 5) is 32.4. The SMILES string of the molecule is C.CCC(=O)NCCC(=O)NC.CN/C(C)=C\C(=O)CC(C)C. The molecule has 6 heteroatoms. The lowest BCUT2D eigenvalue weighted by molar-refractivity contribution is -0.122. The van der Waals surface area contributed by atoms with E-state index in [0.717, 1.165) is 5.70 Å². The van der Waals surface area contributed by atoms with Gasteiger partial charge >= 0.3 is 0 Å². The van der Waals surface area contributed by atoms with Gasteiger partial charge in [-0.3, -0.25) is 14.4 Å². The van der Waals surface area contributed by atoms with E-state index in [2.05, 4.69) is 16.0 Å². The average Bonchev–Trinajstić information content (AvgIpc) is 2.46. The summed E-state index contributed by atoms with van der Waals surface area (Å²) >= 11 is 0. The van der Waals surface area contributed by atoms with Crippen molar-refractivity contribution in [3.8, 4) is 0 Å². The van der Waals surface area contributed by atoms with Gasteiger partial charge in [-0.25, -0.2) is 0 Å². The third-order valence-electron chi connectivity index (χ3n) is 2.66. The molecule has 0 radical (unpaired) electrons. The number of ketones is 1. The topological polar surface area (TPSA) is 87.3 Å². The zero-order valence-corrected chi connectivity index (χ0v) is 14.7. The zero-order chi connectivity index (χ0) is 17.5. The van der Waals surface area contributed by atoms with E-state index in [1.165, 1.54) is 0 Å². The number of carbonyl (C=O) groups is 3. The maximum absolute atomic E-state index is 11.1. The van der Waals surface area contributed by atoms with E-state index in [4.69, 9.17) is 0 Å². The van der Waals surface area contributed by atoms with Gasteiger partial charge in [-0.2, -0.15) is 0 Å². The largest absolute Gasteiger partial charge is 0.392 e. The second-order valence-electron chi connectivity index (χ2n) is 5.27. The molecule has 6 nitrogen and oxygen atoms in total. The van der Waals surface area contributed by atoms with E-state index in [9.17, 15) is 14.4 Å². The molecule has 0 unspecified atom stereocenters. The van der Waals surface area contributed by atoms with Crippen molar-refractivity contribution >= 4 is 17.6 Å². The Morgan fingerprint density at radius 2 is 1.61 bits per heavy atom. The van der Waals surface area contributed by atoms with Gasteiger partial charge in [0.1, 0.15) is 0 Å². The number of hydrogen-bond acceptors (Lipinski definition) is 4. The molecule has 0 aromatic heterocycles. The first kappa shape index (κ1) is 26.1. The number of allylic oxidation sites excluding steroid dienone is 2. The van der Waals surface area contributed by atoms with Crippen molar-refractivity contribution in [1.29, 1.82) is 0 Å². The molecule has 0 rings (SSSR count). The molecule has 0 spiro atoms. The molecule has 0 aliphatic heterocycles. The fourth-order valence-electron chi connectivity index (χ4n) is 1.34. The summed E-state index contributed by atoms with van der Waals surface area (Å²) in [5.74, 6) is 0.575. The molecule has 0 bridgehead atoms. The molecule has 0 saturated carbocycles. The van der Waals surface area contributed by atoms with Crippen LogP contribution in [0.5, 0.6) is 0 Å². The van der Waals surface area contributed by atoms with Gasteiger partial charge in [0.05, 0.1) is 0 Å². The number of carbonyl (C=O) groups excluding carboxylic acids is 3. The van der Waals surface area contributed by atoms with E-state index in [1.807, 2.05) is 27.8 Å². The van der Waals surface area contributed by atoms with Crippen molar-refractivity contribution in [3.63, 3.8) is 0 Å². The highest BCUT2D eigenvalue weighted by Crippen LogP contribution is 2.01. The summed E-state index contributed by atoms with van der Waals surface area (Å²) in [7, 11) is 3.39. The van der Waals surface area contributed by atoms with Crippen LogP contribution in [0.3, 0.4) is 0 Å². The van der Waals surface area contributed by atoms with E-state index >= 15 is 0 Å². The van der Waals surface area contributed by atoms with E-state index < -0.39 is 0 Å². The molecule has 0 aliphatic carbocycles. The summed E-state index contributed by atoms with van der Waals surface area (Å²) in [6.07, 6.45) is 3.11. The van der Waals surface area contributed by atoms with Crippen LogP contribution in [0.25, 0.3) is 0 Å². The highest BCUT2D eigenvalue weighted by atomic mass is 16.2.